The minimum atomic E-state index is 0.121. The summed E-state index contributed by atoms with van der Waals surface area (Å²) in [7, 11) is 0. The molecule has 0 aliphatic heterocycles. The molecule has 0 radical (unpaired) electrons. The van der Waals surface area contributed by atoms with E-state index in [9.17, 15) is 4.79 Å². The highest BCUT2D eigenvalue weighted by Gasteiger charge is 2.06. The molecule has 0 aliphatic rings. The minimum Gasteiger partial charge on any atom is -0.326 e. The van der Waals surface area contributed by atoms with Crippen molar-refractivity contribution >= 4 is 51.5 Å². The van der Waals surface area contributed by atoms with Crippen LogP contribution in [0.15, 0.2) is 48.7 Å². The summed E-state index contributed by atoms with van der Waals surface area (Å²) in [5.41, 5.74) is 0.733. The number of anilines is 1. The molecule has 1 aromatic carbocycles. The Morgan fingerprint density at radius 2 is 2.00 bits per heavy atom. The molecule has 1 heterocycles. The standard InChI is InChI=1S/C15H13ClN2OS2/c16-12-6-7-14(17-10-12)18-15(20)21-9-8-13(19)11-4-2-1-3-5-11/h1-7,10H,8-9H2,(H,17,18,20). The lowest BCUT2D eigenvalue weighted by molar-refractivity contribution is 0.0989. The van der Waals surface area contributed by atoms with Crippen molar-refractivity contribution in [2.24, 2.45) is 0 Å². The fourth-order valence-electron chi connectivity index (χ4n) is 1.60. The summed E-state index contributed by atoms with van der Waals surface area (Å²) in [5, 5.41) is 3.57. The van der Waals surface area contributed by atoms with Gasteiger partial charge in [-0.2, -0.15) is 0 Å². The summed E-state index contributed by atoms with van der Waals surface area (Å²) < 4.78 is 0.589. The lowest BCUT2D eigenvalue weighted by Gasteiger charge is -2.06. The highest BCUT2D eigenvalue weighted by atomic mass is 35.5. The first-order chi connectivity index (χ1) is 10.1. The number of carbonyl (C=O) groups is 1. The molecule has 0 amide bonds. The average Bonchev–Trinajstić information content (AvgIpc) is 2.50. The largest absolute Gasteiger partial charge is 0.326 e. The SMILES string of the molecule is O=C(CCSC(=S)Nc1ccc(Cl)cn1)c1ccccc1. The first-order valence-corrected chi connectivity index (χ1v) is 8.06. The molecule has 0 saturated carbocycles. The van der Waals surface area contributed by atoms with Crippen LogP contribution in [0.5, 0.6) is 0 Å². The summed E-state index contributed by atoms with van der Waals surface area (Å²) in [4.78, 5) is 16.0. The third kappa shape index (κ3) is 5.46. The zero-order valence-corrected chi connectivity index (χ0v) is 13.5. The molecule has 1 aromatic heterocycles. The molecule has 0 atom stereocenters. The van der Waals surface area contributed by atoms with Crippen molar-refractivity contribution in [1.82, 2.24) is 4.98 Å². The van der Waals surface area contributed by atoms with Gasteiger partial charge < -0.3 is 5.32 Å². The molecule has 0 aliphatic carbocycles. The molecule has 0 unspecified atom stereocenters. The number of hydrogen-bond acceptors (Lipinski definition) is 4. The second-order valence-electron chi connectivity index (χ2n) is 4.16. The number of thioether (sulfide) groups is 1. The average molecular weight is 337 g/mol. The maximum absolute atomic E-state index is 11.9. The van der Waals surface area contributed by atoms with Gasteiger partial charge in [-0.05, 0) is 12.1 Å². The number of nitrogens with one attached hydrogen (secondary N) is 1. The number of ketones is 1. The first kappa shape index (κ1) is 15.9. The lowest BCUT2D eigenvalue weighted by atomic mass is 10.1. The maximum atomic E-state index is 11.9. The van der Waals surface area contributed by atoms with Gasteiger partial charge in [-0.25, -0.2) is 4.98 Å². The number of hydrogen-bond donors (Lipinski definition) is 1. The number of pyridine rings is 1. The number of thiocarbonyl (C=S) groups is 1. The van der Waals surface area contributed by atoms with Crippen LogP contribution in [-0.4, -0.2) is 20.8 Å². The smallest absolute Gasteiger partial charge is 0.163 e. The maximum Gasteiger partial charge on any atom is 0.163 e. The summed E-state index contributed by atoms with van der Waals surface area (Å²) >= 11 is 12.4. The van der Waals surface area contributed by atoms with Crippen LogP contribution in [0.4, 0.5) is 5.82 Å². The van der Waals surface area contributed by atoms with Crippen molar-refractivity contribution in [2.75, 3.05) is 11.1 Å². The van der Waals surface area contributed by atoms with Gasteiger partial charge in [-0.15, -0.1) is 0 Å². The Balaban J connectivity index is 1.74. The van der Waals surface area contributed by atoms with Crippen molar-refractivity contribution < 1.29 is 4.79 Å². The molecule has 3 nitrogen and oxygen atoms in total. The molecule has 2 rings (SSSR count). The van der Waals surface area contributed by atoms with Crippen LogP contribution >= 0.6 is 35.6 Å². The molecular weight excluding hydrogens is 324 g/mol. The second-order valence-corrected chi connectivity index (χ2v) is 6.37. The van der Waals surface area contributed by atoms with Gasteiger partial charge in [0.2, 0.25) is 0 Å². The number of nitrogens with zero attached hydrogens (tertiary/aromatic N) is 1. The van der Waals surface area contributed by atoms with Crippen LogP contribution in [0.1, 0.15) is 16.8 Å². The number of Topliss-reactive ketones (excluding diaryl/α,β-unsaturated/α-hetero) is 1. The molecule has 0 saturated heterocycles. The van der Waals surface area contributed by atoms with E-state index in [1.165, 1.54) is 11.8 Å². The lowest BCUT2D eigenvalue weighted by Crippen LogP contribution is -2.08. The number of aromatic nitrogens is 1. The molecular formula is C15H13ClN2OS2. The van der Waals surface area contributed by atoms with Gasteiger partial charge in [-0.3, -0.25) is 4.79 Å². The Labute approximate surface area is 138 Å². The Morgan fingerprint density at radius 3 is 2.67 bits per heavy atom. The highest BCUT2D eigenvalue weighted by molar-refractivity contribution is 8.23. The fourth-order valence-corrected chi connectivity index (χ4v) is 2.71. The Morgan fingerprint density at radius 1 is 1.24 bits per heavy atom. The van der Waals surface area contributed by atoms with E-state index in [0.29, 0.717) is 27.3 Å². The predicted molar refractivity (Wildman–Crippen MR) is 93.3 cm³/mol. The molecule has 6 heteroatoms. The number of benzene rings is 1. The highest BCUT2D eigenvalue weighted by Crippen LogP contribution is 2.14. The number of rotatable bonds is 5. The molecule has 0 bridgehead atoms. The third-order valence-electron chi connectivity index (χ3n) is 2.62. The number of halogens is 1. The van der Waals surface area contributed by atoms with E-state index in [1.54, 1.807) is 18.3 Å². The molecule has 108 valence electrons. The Kier molecular flexibility index (Phi) is 6.17. The van der Waals surface area contributed by atoms with Crippen LogP contribution < -0.4 is 5.32 Å². The van der Waals surface area contributed by atoms with E-state index < -0.39 is 0 Å². The van der Waals surface area contributed by atoms with Gasteiger partial charge >= 0.3 is 0 Å². The molecule has 21 heavy (non-hydrogen) atoms. The van der Waals surface area contributed by atoms with E-state index in [0.717, 1.165) is 5.56 Å². The van der Waals surface area contributed by atoms with Gasteiger partial charge in [0.05, 0.1) is 5.02 Å². The molecule has 0 fully saturated rings. The summed E-state index contributed by atoms with van der Waals surface area (Å²) in [6.07, 6.45) is 2.00. The van der Waals surface area contributed by atoms with Gasteiger partial charge in [0, 0.05) is 23.9 Å². The first-order valence-electron chi connectivity index (χ1n) is 6.29. The summed E-state index contributed by atoms with van der Waals surface area (Å²) in [5.74, 6) is 1.40. The topological polar surface area (TPSA) is 42.0 Å². The van der Waals surface area contributed by atoms with Gasteiger partial charge in [0.1, 0.15) is 10.1 Å². The van der Waals surface area contributed by atoms with E-state index in [2.05, 4.69) is 10.3 Å². The Hall–Kier alpha value is -1.43. The third-order valence-corrected chi connectivity index (χ3v) is 4.07. The normalized spacial score (nSPS) is 10.1. The minimum absolute atomic E-state index is 0.121. The summed E-state index contributed by atoms with van der Waals surface area (Å²) in [6.45, 7) is 0. The Bertz CT molecular complexity index is 617. The predicted octanol–water partition coefficient (Wildman–Crippen LogP) is 4.44. The van der Waals surface area contributed by atoms with E-state index in [4.69, 9.17) is 23.8 Å². The van der Waals surface area contributed by atoms with Crippen molar-refractivity contribution in [3.8, 4) is 0 Å². The van der Waals surface area contributed by atoms with Crippen LogP contribution in [-0.2, 0) is 0 Å². The van der Waals surface area contributed by atoms with E-state index in [1.807, 2.05) is 30.3 Å². The van der Waals surface area contributed by atoms with Crippen molar-refractivity contribution in [3.63, 3.8) is 0 Å². The second kappa shape index (κ2) is 8.12. The fraction of sp³-hybridized carbons (Fsp3) is 0.133. The van der Waals surface area contributed by atoms with Crippen molar-refractivity contribution in [3.05, 3.63) is 59.2 Å². The quantitative estimate of drug-likeness (QED) is 0.646. The summed E-state index contributed by atoms with van der Waals surface area (Å²) in [6, 6.07) is 12.7. The monoisotopic (exact) mass is 336 g/mol. The van der Waals surface area contributed by atoms with Crippen LogP contribution in [0.25, 0.3) is 0 Å². The van der Waals surface area contributed by atoms with Crippen molar-refractivity contribution in [2.45, 2.75) is 6.42 Å². The zero-order valence-electron chi connectivity index (χ0n) is 11.1. The van der Waals surface area contributed by atoms with Crippen LogP contribution in [0.3, 0.4) is 0 Å². The zero-order chi connectivity index (χ0) is 15.1. The van der Waals surface area contributed by atoms with Crippen LogP contribution in [0.2, 0.25) is 5.02 Å². The van der Waals surface area contributed by atoms with E-state index in [-0.39, 0.29) is 5.78 Å². The van der Waals surface area contributed by atoms with Gasteiger partial charge in [0.15, 0.2) is 5.78 Å². The van der Waals surface area contributed by atoms with Gasteiger partial charge in [-0.1, -0.05) is 65.9 Å². The van der Waals surface area contributed by atoms with E-state index >= 15 is 0 Å². The number of carbonyl (C=O) groups excluding carboxylic acids is 1. The van der Waals surface area contributed by atoms with Gasteiger partial charge in [0.25, 0.3) is 0 Å². The van der Waals surface area contributed by atoms with Crippen molar-refractivity contribution in [1.29, 1.82) is 0 Å². The molecule has 0 spiro atoms. The molecule has 2 aromatic rings. The van der Waals surface area contributed by atoms with Crippen LogP contribution in [0, 0.1) is 0 Å². The molecule has 1 N–H and O–H groups in total.